The van der Waals surface area contributed by atoms with E-state index in [4.69, 9.17) is 4.74 Å². The summed E-state index contributed by atoms with van der Waals surface area (Å²) in [6, 6.07) is 12.6. The van der Waals surface area contributed by atoms with E-state index in [1.165, 1.54) is 16.2 Å². The van der Waals surface area contributed by atoms with Gasteiger partial charge in [-0.05, 0) is 36.4 Å². The third-order valence-electron chi connectivity index (χ3n) is 5.43. The highest BCUT2D eigenvalue weighted by atomic mass is 16.5. The largest absolute Gasteiger partial charge is 0.497 e. The van der Waals surface area contributed by atoms with Crippen molar-refractivity contribution >= 4 is 11.6 Å². The highest BCUT2D eigenvalue weighted by molar-refractivity contribution is 5.77. The van der Waals surface area contributed by atoms with Crippen LogP contribution in [0.2, 0.25) is 0 Å². The molecule has 1 fully saturated rings. The number of anilines is 1. The highest BCUT2D eigenvalue weighted by Crippen LogP contribution is 2.19. The monoisotopic (exact) mass is 383 g/mol. The van der Waals surface area contributed by atoms with Crippen LogP contribution in [-0.2, 0) is 4.79 Å². The number of carbonyl (C=O) groups is 1. The summed E-state index contributed by atoms with van der Waals surface area (Å²) < 4.78 is 5.25. The van der Waals surface area contributed by atoms with Crippen molar-refractivity contribution < 1.29 is 14.4 Å². The Morgan fingerprint density at radius 3 is 2.50 bits per heavy atom. The summed E-state index contributed by atoms with van der Waals surface area (Å²) in [6.45, 7) is 8.49. The number of rotatable bonds is 7. The van der Waals surface area contributed by atoms with Gasteiger partial charge in [-0.15, -0.1) is 0 Å². The summed E-state index contributed by atoms with van der Waals surface area (Å²) in [5.41, 5.74) is 2.41. The molecule has 1 aliphatic heterocycles. The first-order valence-corrected chi connectivity index (χ1v) is 9.99. The number of amides is 1. The molecule has 0 bridgehead atoms. The van der Waals surface area contributed by atoms with Gasteiger partial charge in [-0.2, -0.15) is 0 Å². The summed E-state index contributed by atoms with van der Waals surface area (Å²) in [5.74, 6) is 0.979. The molecule has 0 radical (unpaired) electrons. The highest BCUT2D eigenvalue weighted by Gasteiger charge is 2.29. The van der Waals surface area contributed by atoms with Crippen molar-refractivity contribution in [2.24, 2.45) is 5.92 Å². The Labute approximate surface area is 167 Å². The molecule has 2 heterocycles. The Hall–Kier alpha value is -2.60. The van der Waals surface area contributed by atoms with Crippen molar-refractivity contribution in [3.8, 4) is 5.75 Å². The van der Waals surface area contributed by atoms with Crippen molar-refractivity contribution in [2.45, 2.75) is 19.9 Å². The molecule has 28 heavy (non-hydrogen) atoms. The van der Waals surface area contributed by atoms with E-state index in [0.29, 0.717) is 6.54 Å². The minimum atomic E-state index is -0.00327. The zero-order chi connectivity index (χ0) is 19.9. The molecule has 150 valence electrons. The van der Waals surface area contributed by atoms with E-state index < -0.39 is 0 Å². The standard InChI is InChI=1S/C22H30N4O2/c1-17(2)22(27)24-16-21(18-5-4-10-23-15-18)26-13-11-25(12-14-26)19-6-8-20(28-3)9-7-19/h4-10,15,17,21H,11-14,16H2,1-3H3,(H,24,27)/p+1. The topological polar surface area (TPSA) is 58.9 Å². The Morgan fingerprint density at radius 2 is 1.93 bits per heavy atom. The van der Waals surface area contributed by atoms with Gasteiger partial charge < -0.3 is 19.9 Å². The van der Waals surface area contributed by atoms with E-state index in [1.54, 1.807) is 13.3 Å². The number of hydrogen-bond acceptors (Lipinski definition) is 4. The predicted octanol–water partition coefficient (Wildman–Crippen LogP) is 1.31. The van der Waals surface area contributed by atoms with E-state index in [-0.39, 0.29) is 17.9 Å². The average Bonchev–Trinajstić information content (AvgIpc) is 2.75. The molecule has 1 aromatic heterocycles. The van der Waals surface area contributed by atoms with Gasteiger partial charge in [0, 0.05) is 29.6 Å². The number of quaternary nitrogens is 1. The van der Waals surface area contributed by atoms with Crippen molar-refractivity contribution in [1.82, 2.24) is 10.3 Å². The molecule has 6 nitrogen and oxygen atoms in total. The van der Waals surface area contributed by atoms with Crippen LogP contribution in [-0.4, -0.2) is 50.7 Å². The molecular formula is C22H31N4O2+. The first-order valence-electron chi connectivity index (χ1n) is 9.99. The summed E-state index contributed by atoms with van der Waals surface area (Å²) in [5, 5.41) is 3.12. The maximum absolute atomic E-state index is 12.1. The van der Waals surface area contributed by atoms with Gasteiger partial charge in [0.15, 0.2) is 0 Å². The van der Waals surface area contributed by atoms with E-state index in [0.717, 1.165) is 31.9 Å². The first kappa shape index (κ1) is 20.1. The van der Waals surface area contributed by atoms with E-state index >= 15 is 0 Å². The normalized spacial score (nSPS) is 16.1. The fourth-order valence-electron chi connectivity index (χ4n) is 3.68. The molecule has 2 N–H and O–H groups in total. The van der Waals surface area contributed by atoms with Gasteiger partial charge in [0.2, 0.25) is 5.91 Å². The Balaban J connectivity index is 1.65. The molecule has 1 amide bonds. The van der Waals surface area contributed by atoms with E-state index in [2.05, 4.69) is 33.4 Å². The number of pyridine rings is 1. The van der Waals surface area contributed by atoms with Crippen molar-refractivity contribution in [1.29, 1.82) is 0 Å². The number of carbonyl (C=O) groups excluding carboxylic acids is 1. The smallest absolute Gasteiger partial charge is 0.222 e. The number of nitrogens with one attached hydrogen (secondary N) is 2. The third-order valence-corrected chi connectivity index (χ3v) is 5.43. The number of methoxy groups -OCH3 is 1. The molecule has 0 saturated carbocycles. The van der Waals surface area contributed by atoms with E-state index in [9.17, 15) is 4.79 Å². The molecule has 1 saturated heterocycles. The van der Waals surface area contributed by atoms with Crippen LogP contribution in [0.4, 0.5) is 5.69 Å². The van der Waals surface area contributed by atoms with Gasteiger partial charge in [0.25, 0.3) is 0 Å². The summed E-state index contributed by atoms with van der Waals surface area (Å²) in [4.78, 5) is 20.3. The van der Waals surface area contributed by atoms with Crippen LogP contribution in [0.1, 0.15) is 25.5 Å². The minimum Gasteiger partial charge on any atom is -0.497 e. The molecule has 1 aromatic carbocycles. The lowest BCUT2D eigenvalue weighted by Crippen LogP contribution is -3.15. The maximum Gasteiger partial charge on any atom is 0.222 e. The number of nitrogens with zero attached hydrogens (tertiary/aromatic N) is 2. The molecule has 3 rings (SSSR count). The minimum absolute atomic E-state index is 0.00327. The van der Waals surface area contributed by atoms with Gasteiger partial charge in [0.1, 0.15) is 11.8 Å². The Morgan fingerprint density at radius 1 is 1.21 bits per heavy atom. The van der Waals surface area contributed by atoms with Crippen molar-refractivity contribution in [3.05, 3.63) is 54.4 Å². The molecule has 2 aromatic rings. The van der Waals surface area contributed by atoms with Gasteiger partial charge in [-0.25, -0.2) is 0 Å². The molecular weight excluding hydrogens is 352 g/mol. The zero-order valence-electron chi connectivity index (χ0n) is 17.0. The van der Waals surface area contributed by atoms with Gasteiger partial charge in [-0.3, -0.25) is 9.78 Å². The fourth-order valence-corrected chi connectivity index (χ4v) is 3.68. The van der Waals surface area contributed by atoms with Crippen molar-refractivity contribution in [2.75, 3.05) is 44.7 Å². The summed E-state index contributed by atoms with van der Waals surface area (Å²) in [6.07, 6.45) is 3.72. The third kappa shape index (κ3) is 5.01. The van der Waals surface area contributed by atoms with Crippen LogP contribution in [0.3, 0.4) is 0 Å². The molecule has 0 aliphatic carbocycles. The van der Waals surface area contributed by atoms with Crippen LogP contribution in [0, 0.1) is 5.92 Å². The average molecular weight is 384 g/mol. The second-order valence-electron chi connectivity index (χ2n) is 7.58. The van der Waals surface area contributed by atoms with Crippen molar-refractivity contribution in [3.63, 3.8) is 0 Å². The Bertz CT molecular complexity index is 741. The maximum atomic E-state index is 12.1. The first-order chi connectivity index (χ1) is 13.6. The van der Waals surface area contributed by atoms with Crippen LogP contribution in [0.15, 0.2) is 48.8 Å². The molecule has 1 atom stereocenters. The number of ether oxygens (including phenoxy) is 1. The molecule has 0 spiro atoms. The SMILES string of the molecule is COc1ccc(N2CC[NH+](C(CNC(=O)C(C)C)c3cccnc3)CC2)cc1. The lowest BCUT2D eigenvalue weighted by atomic mass is 10.1. The summed E-state index contributed by atoms with van der Waals surface area (Å²) >= 11 is 0. The second-order valence-corrected chi connectivity index (χ2v) is 7.58. The number of hydrogen-bond donors (Lipinski definition) is 2. The van der Waals surface area contributed by atoms with E-state index in [1.807, 2.05) is 38.2 Å². The van der Waals surface area contributed by atoms with Crippen LogP contribution < -0.4 is 19.9 Å². The molecule has 1 aliphatic rings. The van der Waals surface area contributed by atoms with Crippen LogP contribution in [0.5, 0.6) is 5.75 Å². The quantitative estimate of drug-likeness (QED) is 0.757. The Kier molecular flexibility index (Phi) is 6.87. The molecule has 1 unspecified atom stereocenters. The second kappa shape index (κ2) is 9.55. The van der Waals surface area contributed by atoms with Crippen LogP contribution in [0.25, 0.3) is 0 Å². The predicted molar refractivity (Wildman–Crippen MR) is 111 cm³/mol. The number of piperazine rings is 1. The lowest BCUT2D eigenvalue weighted by molar-refractivity contribution is -0.931. The fraction of sp³-hybridized carbons (Fsp3) is 0.455. The van der Waals surface area contributed by atoms with Crippen LogP contribution >= 0.6 is 0 Å². The number of aromatic nitrogens is 1. The molecule has 6 heteroatoms. The van der Waals surface area contributed by atoms with Gasteiger partial charge >= 0.3 is 0 Å². The van der Waals surface area contributed by atoms with Gasteiger partial charge in [-0.1, -0.05) is 13.8 Å². The number of benzene rings is 1. The lowest BCUT2D eigenvalue weighted by Gasteiger charge is -2.37. The zero-order valence-corrected chi connectivity index (χ0v) is 17.0. The van der Waals surface area contributed by atoms with Gasteiger partial charge in [0.05, 0.1) is 39.8 Å². The summed E-state index contributed by atoms with van der Waals surface area (Å²) in [7, 11) is 1.69.